The summed E-state index contributed by atoms with van der Waals surface area (Å²) >= 11 is 0. The first-order valence-electron chi connectivity index (χ1n) is 8.88. The molecule has 2 aliphatic rings. The fraction of sp³-hybridized carbons (Fsp3) is 0.429. The summed E-state index contributed by atoms with van der Waals surface area (Å²) in [5, 5.41) is 0. The fourth-order valence-corrected chi connectivity index (χ4v) is 3.52. The summed E-state index contributed by atoms with van der Waals surface area (Å²) in [6.07, 6.45) is 1.15. The topological polar surface area (TPSA) is 18.5 Å². The van der Waals surface area contributed by atoms with E-state index in [1.807, 2.05) is 0 Å². The monoisotopic (exact) mass is 320 g/mol. The highest BCUT2D eigenvalue weighted by Gasteiger charge is 2.59. The van der Waals surface area contributed by atoms with Gasteiger partial charge in [0.1, 0.15) is 0 Å². The van der Waals surface area contributed by atoms with E-state index in [-0.39, 0.29) is 18.3 Å². The van der Waals surface area contributed by atoms with E-state index >= 15 is 0 Å². The van der Waals surface area contributed by atoms with Crippen molar-refractivity contribution in [3.05, 3.63) is 60.2 Å². The van der Waals surface area contributed by atoms with Crippen molar-refractivity contribution in [2.45, 2.75) is 57.1 Å². The van der Waals surface area contributed by atoms with Crippen LogP contribution in [-0.2, 0) is 9.31 Å². The Kier molecular flexibility index (Phi) is 3.63. The van der Waals surface area contributed by atoms with Gasteiger partial charge in [-0.15, -0.1) is 0 Å². The smallest absolute Gasteiger partial charge is 0.403 e. The van der Waals surface area contributed by atoms with Gasteiger partial charge in [0.2, 0.25) is 0 Å². The first-order chi connectivity index (χ1) is 11.4. The van der Waals surface area contributed by atoms with Crippen LogP contribution in [-0.4, -0.2) is 18.3 Å². The SMILES string of the molecule is CC1(C)OB([C@@H]2C[C@H]2c2ccc(-c3ccccc3)cc2)OC1(C)C. The van der Waals surface area contributed by atoms with Gasteiger partial charge >= 0.3 is 7.12 Å². The molecule has 0 N–H and O–H groups in total. The van der Waals surface area contributed by atoms with E-state index in [0.29, 0.717) is 11.7 Å². The van der Waals surface area contributed by atoms with Gasteiger partial charge in [0.05, 0.1) is 11.2 Å². The molecule has 0 radical (unpaired) electrons. The molecule has 0 amide bonds. The first-order valence-corrected chi connectivity index (χ1v) is 8.88. The molecule has 1 heterocycles. The molecule has 1 aliphatic carbocycles. The van der Waals surface area contributed by atoms with E-state index in [4.69, 9.17) is 9.31 Å². The lowest BCUT2D eigenvalue weighted by molar-refractivity contribution is 0.00578. The van der Waals surface area contributed by atoms with E-state index in [2.05, 4.69) is 82.3 Å². The molecule has 2 aromatic rings. The largest absolute Gasteiger partial charge is 0.461 e. The van der Waals surface area contributed by atoms with Crippen LogP contribution in [0.1, 0.15) is 45.6 Å². The van der Waals surface area contributed by atoms with E-state index in [1.165, 1.54) is 16.7 Å². The third-order valence-corrected chi connectivity index (χ3v) is 5.91. The molecule has 0 aromatic heterocycles. The average Bonchev–Trinajstić information content (AvgIpc) is 3.31. The molecule has 1 saturated heterocycles. The van der Waals surface area contributed by atoms with Crippen molar-refractivity contribution in [2.75, 3.05) is 0 Å². The van der Waals surface area contributed by atoms with Gasteiger partial charge in [-0.3, -0.25) is 0 Å². The maximum Gasteiger partial charge on any atom is 0.461 e. The zero-order valence-electron chi connectivity index (χ0n) is 15.0. The number of hydrogen-bond donors (Lipinski definition) is 0. The Balaban J connectivity index is 1.46. The van der Waals surface area contributed by atoms with Gasteiger partial charge in [-0.1, -0.05) is 54.6 Å². The lowest BCUT2D eigenvalue weighted by Crippen LogP contribution is -2.41. The molecule has 24 heavy (non-hydrogen) atoms. The Labute approximate surface area is 145 Å². The predicted octanol–water partition coefficient (Wildman–Crippen LogP) is 5.30. The van der Waals surface area contributed by atoms with Crippen molar-refractivity contribution < 1.29 is 9.31 Å². The Morgan fingerprint density at radius 1 is 0.792 bits per heavy atom. The molecule has 2 atom stereocenters. The maximum absolute atomic E-state index is 6.21. The zero-order chi connectivity index (χ0) is 16.9. The van der Waals surface area contributed by atoms with Crippen molar-refractivity contribution in [1.29, 1.82) is 0 Å². The Morgan fingerprint density at radius 2 is 1.33 bits per heavy atom. The molecule has 1 saturated carbocycles. The molecule has 3 heteroatoms. The van der Waals surface area contributed by atoms with Gasteiger partial charge in [-0.25, -0.2) is 0 Å². The van der Waals surface area contributed by atoms with Crippen LogP contribution >= 0.6 is 0 Å². The molecule has 124 valence electrons. The maximum atomic E-state index is 6.21. The zero-order valence-corrected chi connectivity index (χ0v) is 15.0. The second kappa shape index (κ2) is 5.47. The van der Waals surface area contributed by atoms with E-state index in [0.717, 1.165) is 6.42 Å². The summed E-state index contributed by atoms with van der Waals surface area (Å²) in [5.41, 5.74) is 3.47. The van der Waals surface area contributed by atoms with Crippen molar-refractivity contribution in [1.82, 2.24) is 0 Å². The normalized spacial score (nSPS) is 27.2. The molecule has 0 bridgehead atoms. The molecule has 1 aliphatic heterocycles. The van der Waals surface area contributed by atoms with Crippen molar-refractivity contribution in [2.24, 2.45) is 0 Å². The van der Waals surface area contributed by atoms with Crippen molar-refractivity contribution >= 4 is 7.12 Å². The molecule has 0 unspecified atom stereocenters. The highest BCUT2D eigenvalue weighted by molar-refractivity contribution is 6.49. The minimum absolute atomic E-state index is 0.0752. The molecular formula is C21H25BO2. The van der Waals surface area contributed by atoms with Gasteiger partial charge < -0.3 is 9.31 Å². The van der Waals surface area contributed by atoms with Crippen LogP contribution < -0.4 is 0 Å². The molecule has 2 fully saturated rings. The van der Waals surface area contributed by atoms with Crippen molar-refractivity contribution in [3.63, 3.8) is 0 Å². The minimum atomic E-state index is -0.234. The lowest BCUT2D eigenvalue weighted by Gasteiger charge is -2.32. The van der Waals surface area contributed by atoms with E-state index < -0.39 is 0 Å². The highest BCUT2D eigenvalue weighted by atomic mass is 16.7. The Bertz CT molecular complexity index is 705. The molecule has 0 spiro atoms. The summed E-state index contributed by atoms with van der Waals surface area (Å²) in [6, 6.07) is 19.5. The first kappa shape index (κ1) is 15.9. The van der Waals surface area contributed by atoms with Gasteiger partial charge in [-0.2, -0.15) is 0 Å². The summed E-state index contributed by atoms with van der Waals surface area (Å²) in [7, 11) is -0.0752. The summed E-state index contributed by atoms with van der Waals surface area (Å²) in [5.74, 6) is 1.04. The molecule has 2 nitrogen and oxygen atoms in total. The third kappa shape index (κ3) is 2.70. The number of hydrogen-bond acceptors (Lipinski definition) is 2. The van der Waals surface area contributed by atoms with Crippen LogP contribution in [0.15, 0.2) is 54.6 Å². The van der Waals surface area contributed by atoms with Crippen LogP contribution in [0.3, 0.4) is 0 Å². The second-order valence-electron chi connectivity index (χ2n) is 8.12. The summed E-state index contributed by atoms with van der Waals surface area (Å²) < 4.78 is 12.4. The van der Waals surface area contributed by atoms with Gasteiger partial charge in [0.15, 0.2) is 0 Å². The molecule has 4 rings (SSSR count). The lowest BCUT2D eigenvalue weighted by atomic mass is 9.79. The predicted molar refractivity (Wildman–Crippen MR) is 99.1 cm³/mol. The quantitative estimate of drug-likeness (QED) is 0.714. The minimum Gasteiger partial charge on any atom is -0.403 e. The van der Waals surface area contributed by atoms with Gasteiger partial charge in [-0.05, 0) is 56.7 Å². The summed E-state index contributed by atoms with van der Waals surface area (Å²) in [4.78, 5) is 0. The van der Waals surface area contributed by atoms with E-state index in [9.17, 15) is 0 Å². The van der Waals surface area contributed by atoms with Crippen LogP contribution in [0, 0.1) is 0 Å². The molecule has 2 aromatic carbocycles. The van der Waals surface area contributed by atoms with Crippen molar-refractivity contribution in [3.8, 4) is 11.1 Å². The van der Waals surface area contributed by atoms with Gasteiger partial charge in [0.25, 0.3) is 0 Å². The Morgan fingerprint density at radius 3 is 1.92 bits per heavy atom. The van der Waals surface area contributed by atoms with Gasteiger partial charge in [0, 0.05) is 5.82 Å². The van der Waals surface area contributed by atoms with Crippen LogP contribution in [0.25, 0.3) is 11.1 Å². The number of benzene rings is 2. The van der Waals surface area contributed by atoms with E-state index in [1.54, 1.807) is 0 Å². The second-order valence-corrected chi connectivity index (χ2v) is 8.12. The van der Waals surface area contributed by atoms with Crippen LogP contribution in [0.4, 0.5) is 0 Å². The van der Waals surface area contributed by atoms with Crippen LogP contribution in [0.2, 0.25) is 5.82 Å². The fourth-order valence-electron chi connectivity index (χ4n) is 3.52. The molecular weight excluding hydrogens is 295 g/mol. The standard InChI is InChI=1S/C21H25BO2/c1-20(2)21(3,4)24-22(23-20)19-14-18(19)17-12-10-16(11-13-17)15-8-6-5-7-9-15/h5-13,18-19H,14H2,1-4H3/t18-,19+/m0/s1. The number of rotatable bonds is 3. The third-order valence-electron chi connectivity index (χ3n) is 5.91. The van der Waals surface area contributed by atoms with Crippen LogP contribution in [0.5, 0.6) is 0 Å². The summed E-state index contributed by atoms with van der Waals surface area (Å²) in [6.45, 7) is 8.50. The highest BCUT2D eigenvalue weighted by Crippen LogP contribution is 2.58. The average molecular weight is 320 g/mol. The Hall–Kier alpha value is -1.58.